The first-order valence-electron chi connectivity index (χ1n) is 4.87. The fourth-order valence-electron chi connectivity index (χ4n) is 1.55. The summed E-state index contributed by atoms with van der Waals surface area (Å²) in [5.41, 5.74) is 1.17. The van der Waals surface area contributed by atoms with Crippen molar-refractivity contribution >= 4 is 17.5 Å². The van der Waals surface area contributed by atoms with E-state index in [0.29, 0.717) is 6.54 Å². The first-order chi connectivity index (χ1) is 7.24. The van der Waals surface area contributed by atoms with E-state index >= 15 is 0 Å². The number of morpholine rings is 1. The molecule has 0 aliphatic carbocycles. The monoisotopic (exact) mass is 225 g/mol. The minimum absolute atomic E-state index is 0.0395. The number of halogens is 1. The highest BCUT2D eigenvalue weighted by Gasteiger charge is 2.18. The van der Waals surface area contributed by atoms with Gasteiger partial charge in [-0.2, -0.15) is 0 Å². The zero-order valence-corrected chi connectivity index (χ0v) is 8.96. The summed E-state index contributed by atoms with van der Waals surface area (Å²) in [7, 11) is 0. The lowest BCUT2D eigenvalue weighted by Gasteiger charge is -2.23. The van der Waals surface area contributed by atoms with Crippen LogP contribution in [0.1, 0.15) is 5.56 Å². The Morgan fingerprint density at radius 2 is 2.13 bits per heavy atom. The largest absolute Gasteiger partial charge is 0.366 e. The summed E-state index contributed by atoms with van der Waals surface area (Å²) in [5.74, 6) is -0.0395. The van der Waals surface area contributed by atoms with Crippen molar-refractivity contribution in [2.24, 2.45) is 0 Å². The number of carbonyl (C=O) groups is 1. The van der Waals surface area contributed by atoms with E-state index in [1.165, 1.54) is 5.56 Å². The Morgan fingerprint density at radius 3 is 2.73 bits per heavy atom. The van der Waals surface area contributed by atoms with Crippen LogP contribution in [0.3, 0.4) is 0 Å². The van der Waals surface area contributed by atoms with E-state index in [-0.39, 0.29) is 18.6 Å². The highest BCUT2D eigenvalue weighted by atomic mass is 35.5. The SMILES string of the molecule is O=C1COC(Cc2ccc(Cl)cc2)CN1. The van der Waals surface area contributed by atoms with Crippen molar-refractivity contribution < 1.29 is 9.53 Å². The molecule has 0 radical (unpaired) electrons. The zero-order chi connectivity index (χ0) is 10.7. The fourth-order valence-corrected chi connectivity index (χ4v) is 1.67. The van der Waals surface area contributed by atoms with Crippen LogP contribution in [0.25, 0.3) is 0 Å². The Bertz CT molecular complexity index is 340. The molecule has 1 saturated heterocycles. The normalized spacial score (nSPS) is 21.1. The summed E-state index contributed by atoms with van der Waals surface area (Å²) < 4.78 is 5.38. The van der Waals surface area contributed by atoms with Crippen molar-refractivity contribution in [3.63, 3.8) is 0 Å². The second-order valence-electron chi connectivity index (χ2n) is 3.57. The maximum absolute atomic E-state index is 10.9. The summed E-state index contributed by atoms with van der Waals surface area (Å²) >= 11 is 5.79. The summed E-state index contributed by atoms with van der Waals surface area (Å²) in [5, 5.41) is 3.51. The molecule has 1 aromatic carbocycles. The topological polar surface area (TPSA) is 38.3 Å². The number of nitrogens with one attached hydrogen (secondary N) is 1. The van der Waals surface area contributed by atoms with Crippen LogP contribution in [0.5, 0.6) is 0 Å². The molecule has 0 spiro atoms. The highest BCUT2D eigenvalue weighted by molar-refractivity contribution is 6.30. The number of amides is 1. The Morgan fingerprint density at radius 1 is 1.40 bits per heavy atom. The molecule has 2 rings (SSSR count). The van der Waals surface area contributed by atoms with Gasteiger partial charge in [0.2, 0.25) is 5.91 Å². The molecular formula is C11H12ClNO2. The zero-order valence-electron chi connectivity index (χ0n) is 8.20. The Labute approximate surface area is 93.4 Å². The molecule has 80 valence electrons. The lowest BCUT2D eigenvalue weighted by molar-refractivity contribution is -0.133. The number of hydrogen-bond acceptors (Lipinski definition) is 2. The maximum Gasteiger partial charge on any atom is 0.246 e. The van der Waals surface area contributed by atoms with Crippen molar-refractivity contribution in [2.75, 3.05) is 13.2 Å². The van der Waals surface area contributed by atoms with Crippen LogP contribution in [0.4, 0.5) is 0 Å². The van der Waals surface area contributed by atoms with Crippen molar-refractivity contribution in [3.05, 3.63) is 34.9 Å². The standard InChI is InChI=1S/C11H12ClNO2/c12-9-3-1-8(2-4-9)5-10-6-13-11(14)7-15-10/h1-4,10H,5-7H2,(H,13,14). The maximum atomic E-state index is 10.9. The van der Waals surface area contributed by atoms with Gasteiger partial charge in [-0.3, -0.25) is 4.79 Å². The van der Waals surface area contributed by atoms with Gasteiger partial charge in [0.05, 0.1) is 6.10 Å². The third-order valence-electron chi connectivity index (χ3n) is 2.35. The van der Waals surface area contributed by atoms with Crippen molar-refractivity contribution in [1.29, 1.82) is 0 Å². The highest BCUT2D eigenvalue weighted by Crippen LogP contribution is 2.12. The molecule has 1 unspecified atom stereocenters. The van der Waals surface area contributed by atoms with Crippen LogP contribution in [0.2, 0.25) is 5.02 Å². The fraction of sp³-hybridized carbons (Fsp3) is 0.364. The third-order valence-corrected chi connectivity index (χ3v) is 2.61. The Balaban J connectivity index is 1.91. The molecule has 1 N–H and O–H groups in total. The van der Waals surface area contributed by atoms with Crippen LogP contribution in [0, 0.1) is 0 Å². The lowest BCUT2D eigenvalue weighted by Crippen LogP contribution is -2.43. The predicted molar refractivity (Wildman–Crippen MR) is 57.9 cm³/mol. The predicted octanol–water partition coefficient (Wildman–Crippen LogP) is 1.40. The van der Waals surface area contributed by atoms with Gasteiger partial charge in [-0.1, -0.05) is 23.7 Å². The van der Waals surface area contributed by atoms with E-state index in [9.17, 15) is 4.79 Å². The van der Waals surface area contributed by atoms with E-state index in [1.807, 2.05) is 24.3 Å². The summed E-state index contributed by atoms with van der Waals surface area (Å²) in [6.07, 6.45) is 0.876. The van der Waals surface area contributed by atoms with E-state index < -0.39 is 0 Å². The van der Waals surface area contributed by atoms with Crippen LogP contribution in [0.15, 0.2) is 24.3 Å². The van der Waals surface area contributed by atoms with Crippen molar-refractivity contribution in [3.8, 4) is 0 Å². The van der Waals surface area contributed by atoms with Crippen LogP contribution in [-0.4, -0.2) is 25.2 Å². The van der Waals surface area contributed by atoms with E-state index in [4.69, 9.17) is 16.3 Å². The number of hydrogen-bond donors (Lipinski definition) is 1. The van der Waals surface area contributed by atoms with E-state index in [0.717, 1.165) is 11.4 Å². The van der Waals surface area contributed by atoms with Gasteiger partial charge in [-0.25, -0.2) is 0 Å². The molecular weight excluding hydrogens is 214 g/mol. The van der Waals surface area contributed by atoms with Gasteiger partial charge in [0.1, 0.15) is 6.61 Å². The van der Waals surface area contributed by atoms with Crippen LogP contribution >= 0.6 is 11.6 Å². The van der Waals surface area contributed by atoms with Crippen LogP contribution < -0.4 is 5.32 Å². The molecule has 1 aliphatic rings. The molecule has 1 atom stereocenters. The summed E-state index contributed by atoms with van der Waals surface area (Å²) in [4.78, 5) is 10.9. The van der Waals surface area contributed by atoms with Gasteiger partial charge >= 0.3 is 0 Å². The molecule has 0 saturated carbocycles. The third kappa shape index (κ3) is 2.94. The van der Waals surface area contributed by atoms with Crippen molar-refractivity contribution in [1.82, 2.24) is 5.32 Å². The molecule has 0 aromatic heterocycles. The summed E-state index contributed by atoms with van der Waals surface area (Å²) in [6.45, 7) is 0.750. The first-order valence-corrected chi connectivity index (χ1v) is 5.24. The first kappa shape index (κ1) is 10.5. The van der Waals surface area contributed by atoms with E-state index in [1.54, 1.807) is 0 Å². The average Bonchev–Trinajstić information content (AvgIpc) is 2.25. The molecule has 3 nitrogen and oxygen atoms in total. The molecule has 1 aromatic rings. The van der Waals surface area contributed by atoms with Crippen molar-refractivity contribution in [2.45, 2.75) is 12.5 Å². The summed E-state index contributed by atoms with van der Waals surface area (Å²) in [6, 6.07) is 7.67. The number of rotatable bonds is 2. The smallest absolute Gasteiger partial charge is 0.246 e. The van der Waals surface area contributed by atoms with Gasteiger partial charge < -0.3 is 10.1 Å². The molecule has 1 heterocycles. The second kappa shape index (κ2) is 4.64. The molecule has 1 amide bonds. The number of carbonyl (C=O) groups excluding carboxylic acids is 1. The van der Waals surface area contributed by atoms with E-state index in [2.05, 4.69) is 5.32 Å². The van der Waals surface area contributed by atoms with Crippen LogP contribution in [-0.2, 0) is 16.0 Å². The Hall–Kier alpha value is -1.06. The van der Waals surface area contributed by atoms with Gasteiger partial charge in [-0.05, 0) is 17.7 Å². The quantitative estimate of drug-likeness (QED) is 0.826. The van der Waals surface area contributed by atoms with Gasteiger partial charge in [-0.15, -0.1) is 0 Å². The number of ether oxygens (including phenoxy) is 1. The molecule has 0 bridgehead atoms. The molecule has 4 heteroatoms. The Kier molecular flexibility index (Phi) is 3.23. The van der Waals surface area contributed by atoms with Gasteiger partial charge in [0, 0.05) is 18.0 Å². The molecule has 15 heavy (non-hydrogen) atoms. The minimum Gasteiger partial charge on any atom is -0.366 e. The number of benzene rings is 1. The minimum atomic E-state index is -0.0395. The van der Waals surface area contributed by atoms with Gasteiger partial charge in [0.25, 0.3) is 0 Å². The molecule has 1 fully saturated rings. The second-order valence-corrected chi connectivity index (χ2v) is 4.00. The molecule has 1 aliphatic heterocycles. The lowest BCUT2D eigenvalue weighted by atomic mass is 10.1. The van der Waals surface area contributed by atoms with Gasteiger partial charge in [0.15, 0.2) is 0 Å². The average molecular weight is 226 g/mol.